The summed E-state index contributed by atoms with van der Waals surface area (Å²) in [5.74, 6) is -0.657. The van der Waals surface area contributed by atoms with Crippen molar-refractivity contribution in [3.05, 3.63) is 33.6 Å². The second kappa shape index (κ2) is 6.92. The summed E-state index contributed by atoms with van der Waals surface area (Å²) in [6.07, 6.45) is -2.22. The van der Waals surface area contributed by atoms with E-state index in [9.17, 15) is 25.1 Å². The fraction of sp³-hybridized carbons (Fsp3) is 0.500. The Labute approximate surface area is 115 Å². The van der Waals surface area contributed by atoms with Crippen LogP contribution in [0.2, 0.25) is 0 Å². The predicted molar refractivity (Wildman–Crippen MR) is 67.8 cm³/mol. The topological polar surface area (TPSA) is 123 Å². The van der Waals surface area contributed by atoms with Crippen molar-refractivity contribution in [1.82, 2.24) is 4.98 Å². The highest BCUT2D eigenvalue weighted by Crippen LogP contribution is 2.25. The van der Waals surface area contributed by atoms with Crippen LogP contribution in [0.3, 0.4) is 0 Å². The van der Waals surface area contributed by atoms with Gasteiger partial charge in [0, 0.05) is 17.3 Å². The Morgan fingerprint density at radius 3 is 2.75 bits per heavy atom. The van der Waals surface area contributed by atoms with E-state index in [1.54, 1.807) is 13.8 Å². The van der Waals surface area contributed by atoms with Gasteiger partial charge in [0.1, 0.15) is 12.3 Å². The van der Waals surface area contributed by atoms with Crippen LogP contribution in [0.4, 0.5) is 5.69 Å². The van der Waals surface area contributed by atoms with Crippen molar-refractivity contribution in [1.29, 1.82) is 0 Å². The molecule has 0 fully saturated rings. The molecule has 8 nitrogen and oxygen atoms in total. The zero-order valence-electron chi connectivity index (χ0n) is 11.1. The van der Waals surface area contributed by atoms with Crippen molar-refractivity contribution < 1.29 is 24.7 Å². The molecule has 1 heterocycles. The first-order valence-electron chi connectivity index (χ1n) is 5.99. The number of esters is 1. The van der Waals surface area contributed by atoms with E-state index in [0.717, 1.165) is 12.3 Å². The van der Waals surface area contributed by atoms with Gasteiger partial charge < -0.3 is 14.9 Å². The number of aryl methyl sites for hydroxylation is 1. The molecule has 2 atom stereocenters. The number of carbonyl (C=O) groups is 1. The molecule has 0 radical (unpaired) electrons. The fourth-order valence-electron chi connectivity index (χ4n) is 1.65. The third-order valence-electron chi connectivity index (χ3n) is 2.69. The molecule has 0 aliphatic heterocycles. The zero-order valence-corrected chi connectivity index (χ0v) is 11.1. The predicted octanol–water partition coefficient (Wildman–Crippen LogP) is 0.646. The second-order valence-electron chi connectivity index (χ2n) is 4.15. The monoisotopic (exact) mass is 284 g/mol. The summed E-state index contributed by atoms with van der Waals surface area (Å²) in [7, 11) is 0. The minimum absolute atomic E-state index is 0.107. The first kappa shape index (κ1) is 16.0. The Kier molecular flexibility index (Phi) is 5.53. The average molecular weight is 284 g/mol. The molecule has 0 aliphatic rings. The van der Waals surface area contributed by atoms with Crippen LogP contribution in [0.15, 0.2) is 12.3 Å². The second-order valence-corrected chi connectivity index (χ2v) is 4.15. The van der Waals surface area contributed by atoms with Gasteiger partial charge in [-0.3, -0.25) is 19.9 Å². The number of ether oxygens (including phenoxy) is 1. The number of nitro groups is 1. The third-order valence-corrected chi connectivity index (χ3v) is 2.69. The van der Waals surface area contributed by atoms with Crippen molar-refractivity contribution in [3.8, 4) is 0 Å². The highest BCUT2D eigenvalue weighted by molar-refractivity contribution is 5.70. The molecule has 0 amide bonds. The number of nitrogens with zero attached hydrogens (tertiary/aromatic N) is 2. The number of aliphatic hydroxyl groups excluding tert-OH is 2. The van der Waals surface area contributed by atoms with Gasteiger partial charge in [-0.05, 0) is 13.8 Å². The lowest BCUT2D eigenvalue weighted by molar-refractivity contribution is -0.385. The Balaban J connectivity index is 2.90. The van der Waals surface area contributed by atoms with Gasteiger partial charge in [0.15, 0.2) is 0 Å². The summed E-state index contributed by atoms with van der Waals surface area (Å²) in [5, 5.41) is 30.4. The Morgan fingerprint density at radius 1 is 1.55 bits per heavy atom. The minimum atomic E-state index is -1.45. The van der Waals surface area contributed by atoms with Gasteiger partial charge in [0.25, 0.3) is 5.69 Å². The number of rotatable bonds is 6. The van der Waals surface area contributed by atoms with Crippen molar-refractivity contribution in [2.45, 2.75) is 32.5 Å². The number of carbonyl (C=O) groups excluding carboxylic acids is 1. The molecule has 110 valence electrons. The summed E-state index contributed by atoms with van der Waals surface area (Å²) in [4.78, 5) is 25.0. The van der Waals surface area contributed by atoms with Crippen LogP contribution in [-0.4, -0.2) is 38.8 Å². The molecule has 0 aliphatic carbocycles. The van der Waals surface area contributed by atoms with E-state index in [2.05, 4.69) is 9.72 Å². The van der Waals surface area contributed by atoms with Crippen molar-refractivity contribution in [3.63, 3.8) is 0 Å². The van der Waals surface area contributed by atoms with Crippen molar-refractivity contribution in [2.24, 2.45) is 0 Å². The van der Waals surface area contributed by atoms with E-state index >= 15 is 0 Å². The molecule has 0 spiro atoms. The lowest BCUT2D eigenvalue weighted by Gasteiger charge is -2.18. The highest BCUT2D eigenvalue weighted by Gasteiger charge is 2.25. The smallest absolute Gasteiger partial charge is 0.308 e. The van der Waals surface area contributed by atoms with Gasteiger partial charge in [-0.2, -0.15) is 0 Å². The largest absolute Gasteiger partial charge is 0.466 e. The zero-order chi connectivity index (χ0) is 15.3. The fourth-order valence-corrected chi connectivity index (χ4v) is 1.65. The van der Waals surface area contributed by atoms with E-state index in [0.29, 0.717) is 5.69 Å². The summed E-state index contributed by atoms with van der Waals surface area (Å²) < 4.78 is 4.66. The number of hydrogen-bond donors (Lipinski definition) is 2. The van der Waals surface area contributed by atoms with E-state index in [4.69, 9.17) is 0 Å². The van der Waals surface area contributed by atoms with Crippen LogP contribution in [0, 0.1) is 17.0 Å². The standard InChI is InChI=1S/C12H16N2O6/c1-3-20-11(16)5-10(15)12(17)9-4-8(14(18)19)6-13-7(9)2/h4,6,10,12,15,17H,3,5H2,1-2H3. The molecule has 2 unspecified atom stereocenters. The van der Waals surface area contributed by atoms with Gasteiger partial charge >= 0.3 is 5.97 Å². The van der Waals surface area contributed by atoms with Gasteiger partial charge in [-0.1, -0.05) is 0 Å². The lowest BCUT2D eigenvalue weighted by Crippen LogP contribution is -2.24. The van der Waals surface area contributed by atoms with E-state index in [-0.39, 0.29) is 17.9 Å². The molecule has 20 heavy (non-hydrogen) atoms. The van der Waals surface area contributed by atoms with E-state index < -0.39 is 29.5 Å². The van der Waals surface area contributed by atoms with E-state index in [1.165, 1.54) is 0 Å². The molecule has 0 bridgehead atoms. The summed E-state index contributed by atoms with van der Waals surface area (Å²) >= 11 is 0. The van der Waals surface area contributed by atoms with E-state index in [1.807, 2.05) is 0 Å². The van der Waals surface area contributed by atoms with Crippen LogP contribution in [0.25, 0.3) is 0 Å². The van der Waals surface area contributed by atoms with Gasteiger partial charge in [0.2, 0.25) is 0 Å². The van der Waals surface area contributed by atoms with Crippen LogP contribution in [-0.2, 0) is 9.53 Å². The summed E-state index contributed by atoms with van der Waals surface area (Å²) in [5.41, 5.74) is 0.148. The maximum Gasteiger partial charge on any atom is 0.308 e. The Morgan fingerprint density at radius 2 is 2.20 bits per heavy atom. The van der Waals surface area contributed by atoms with Crippen LogP contribution < -0.4 is 0 Å². The molecule has 0 saturated heterocycles. The number of pyridine rings is 1. The molecule has 8 heteroatoms. The molecular formula is C12H16N2O6. The summed E-state index contributed by atoms with van der Waals surface area (Å²) in [6, 6.07) is 1.13. The van der Waals surface area contributed by atoms with Crippen LogP contribution in [0.5, 0.6) is 0 Å². The first-order valence-corrected chi connectivity index (χ1v) is 5.99. The van der Waals surface area contributed by atoms with Gasteiger partial charge in [0.05, 0.1) is 24.1 Å². The van der Waals surface area contributed by atoms with Crippen LogP contribution in [0.1, 0.15) is 30.7 Å². The third kappa shape index (κ3) is 3.97. The van der Waals surface area contributed by atoms with Crippen LogP contribution >= 0.6 is 0 Å². The molecule has 1 rings (SSSR count). The number of aliphatic hydroxyl groups is 2. The van der Waals surface area contributed by atoms with Crippen molar-refractivity contribution in [2.75, 3.05) is 6.61 Å². The SMILES string of the molecule is CCOC(=O)CC(O)C(O)c1cc([N+](=O)[O-])cnc1C. The average Bonchev–Trinajstić information content (AvgIpc) is 2.38. The molecule has 2 N–H and O–H groups in total. The maximum atomic E-state index is 11.2. The Bertz CT molecular complexity index is 505. The van der Waals surface area contributed by atoms with Gasteiger partial charge in [-0.15, -0.1) is 0 Å². The number of hydrogen-bond acceptors (Lipinski definition) is 7. The highest BCUT2D eigenvalue weighted by atomic mass is 16.6. The normalized spacial score (nSPS) is 13.6. The quantitative estimate of drug-likeness (QED) is 0.446. The Hall–Kier alpha value is -2.06. The molecule has 1 aromatic heterocycles. The molecular weight excluding hydrogens is 268 g/mol. The molecule has 0 saturated carbocycles. The lowest BCUT2D eigenvalue weighted by atomic mass is 10.0. The number of aromatic nitrogens is 1. The van der Waals surface area contributed by atoms with Gasteiger partial charge in [-0.25, -0.2) is 0 Å². The first-order chi connectivity index (χ1) is 9.36. The van der Waals surface area contributed by atoms with Crippen molar-refractivity contribution >= 4 is 11.7 Å². The minimum Gasteiger partial charge on any atom is -0.466 e. The molecule has 1 aromatic rings. The maximum absolute atomic E-state index is 11.2. The molecule has 0 aromatic carbocycles. The summed E-state index contributed by atoms with van der Waals surface area (Å²) in [6.45, 7) is 3.33.